The fourth-order valence-corrected chi connectivity index (χ4v) is 6.46. The molecule has 1 aromatic heterocycles. The number of benzene rings is 2. The van der Waals surface area contributed by atoms with Crippen LogP contribution in [0.1, 0.15) is 35.2 Å². The Bertz CT molecular complexity index is 1130. The maximum atomic E-state index is 12.9. The maximum absolute atomic E-state index is 12.9. The molecule has 1 aliphatic rings. The van der Waals surface area contributed by atoms with Gasteiger partial charge in [0.15, 0.2) is 0 Å². The van der Waals surface area contributed by atoms with E-state index in [1.807, 2.05) is 49.4 Å². The second kappa shape index (κ2) is 8.71. The van der Waals surface area contributed by atoms with Crippen molar-refractivity contribution in [2.75, 3.05) is 18.4 Å². The highest BCUT2D eigenvalue weighted by atomic mass is 32.2. The molecule has 1 N–H and O–H groups in total. The van der Waals surface area contributed by atoms with E-state index in [2.05, 4.69) is 5.32 Å². The number of carbonyl (C=O) groups excluding carboxylic acids is 1. The third-order valence-electron chi connectivity index (χ3n) is 5.23. The Balaban J connectivity index is 1.48. The minimum absolute atomic E-state index is 0.176. The van der Waals surface area contributed by atoms with E-state index in [9.17, 15) is 13.2 Å². The zero-order valence-electron chi connectivity index (χ0n) is 16.8. The summed E-state index contributed by atoms with van der Waals surface area (Å²) in [7, 11) is -3.42. The van der Waals surface area contributed by atoms with E-state index in [4.69, 9.17) is 0 Å². The van der Waals surface area contributed by atoms with Crippen LogP contribution in [0.5, 0.6) is 0 Å². The van der Waals surface area contributed by atoms with Crippen LogP contribution in [-0.2, 0) is 10.0 Å². The highest BCUT2D eigenvalue weighted by Gasteiger charge is 2.27. The first-order valence-corrected chi connectivity index (χ1v) is 12.3. The molecule has 1 amide bonds. The van der Waals surface area contributed by atoms with Crippen molar-refractivity contribution in [2.24, 2.45) is 0 Å². The van der Waals surface area contributed by atoms with Crippen LogP contribution in [0.4, 0.5) is 5.69 Å². The van der Waals surface area contributed by atoms with E-state index < -0.39 is 10.0 Å². The van der Waals surface area contributed by atoms with Crippen LogP contribution < -0.4 is 5.32 Å². The number of aryl methyl sites for hydroxylation is 1. The predicted molar refractivity (Wildman–Crippen MR) is 121 cm³/mol. The lowest BCUT2D eigenvalue weighted by atomic mass is 10.1. The summed E-state index contributed by atoms with van der Waals surface area (Å²) in [6, 6.07) is 18.4. The van der Waals surface area contributed by atoms with E-state index in [0.29, 0.717) is 22.9 Å². The number of piperidine rings is 1. The molecular formula is C23H24N2O3S2. The number of hydrogen-bond donors (Lipinski definition) is 1. The predicted octanol–water partition coefficient (Wildman–Crippen LogP) is 5.15. The van der Waals surface area contributed by atoms with Crippen molar-refractivity contribution in [3.63, 3.8) is 0 Å². The van der Waals surface area contributed by atoms with Crippen LogP contribution in [-0.4, -0.2) is 31.7 Å². The third-order valence-corrected chi connectivity index (χ3v) is 8.73. The maximum Gasteiger partial charge on any atom is 0.255 e. The number of nitrogens with one attached hydrogen (secondary N) is 1. The Hall–Kier alpha value is -2.48. The van der Waals surface area contributed by atoms with Gasteiger partial charge in [-0.3, -0.25) is 4.79 Å². The molecule has 0 unspecified atom stereocenters. The molecule has 0 aliphatic carbocycles. The first-order chi connectivity index (χ1) is 14.4. The van der Waals surface area contributed by atoms with Crippen molar-refractivity contribution in [3.8, 4) is 10.4 Å². The van der Waals surface area contributed by atoms with Gasteiger partial charge in [-0.05, 0) is 61.7 Å². The van der Waals surface area contributed by atoms with Gasteiger partial charge in [0.1, 0.15) is 4.21 Å². The Morgan fingerprint density at radius 1 is 0.900 bits per heavy atom. The van der Waals surface area contributed by atoms with Gasteiger partial charge in [-0.15, -0.1) is 11.3 Å². The molecule has 2 heterocycles. The van der Waals surface area contributed by atoms with E-state index in [1.165, 1.54) is 11.3 Å². The minimum atomic E-state index is -3.42. The highest BCUT2D eigenvalue weighted by molar-refractivity contribution is 7.91. The van der Waals surface area contributed by atoms with Gasteiger partial charge >= 0.3 is 0 Å². The molecule has 1 fully saturated rings. The SMILES string of the molecule is Cc1ccc(NC(=O)c2ccc(-c3ccc(S(=O)(=O)N4CCCCC4)s3)cc2)cc1. The number of hydrogen-bond acceptors (Lipinski definition) is 4. The molecular weight excluding hydrogens is 416 g/mol. The molecule has 30 heavy (non-hydrogen) atoms. The number of nitrogens with zero attached hydrogens (tertiary/aromatic N) is 1. The molecule has 0 bridgehead atoms. The Morgan fingerprint density at radius 3 is 2.23 bits per heavy atom. The number of thiophene rings is 1. The van der Waals surface area contributed by atoms with Crippen LogP contribution in [0.3, 0.4) is 0 Å². The number of rotatable bonds is 5. The molecule has 0 radical (unpaired) electrons. The molecule has 1 aliphatic heterocycles. The lowest BCUT2D eigenvalue weighted by Gasteiger charge is -2.25. The lowest BCUT2D eigenvalue weighted by molar-refractivity contribution is 0.102. The second-order valence-electron chi connectivity index (χ2n) is 7.48. The molecule has 0 saturated carbocycles. The van der Waals surface area contributed by atoms with Gasteiger partial charge < -0.3 is 5.32 Å². The largest absolute Gasteiger partial charge is 0.322 e. The first-order valence-electron chi connectivity index (χ1n) is 10.0. The van der Waals surface area contributed by atoms with Crippen molar-refractivity contribution in [1.29, 1.82) is 0 Å². The summed E-state index contributed by atoms with van der Waals surface area (Å²) in [5.41, 5.74) is 3.33. The molecule has 5 nitrogen and oxygen atoms in total. The van der Waals surface area contributed by atoms with Gasteiger partial charge in [-0.2, -0.15) is 4.31 Å². The van der Waals surface area contributed by atoms with Crippen LogP contribution in [0.15, 0.2) is 64.9 Å². The average Bonchev–Trinajstić information content (AvgIpc) is 3.27. The summed E-state index contributed by atoms with van der Waals surface area (Å²) in [6.45, 7) is 3.19. The van der Waals surface area contributed by atoms with Crippen LogP contribution in [0.2, 0.25) is 0 Å². The number of anilines is 1. The second-order valence-corrected chi connectivity index (χ2v) is 10.7. The topological polar surface area (TPSA) is 66.5 Å². The van der Waals surface area contributed by atoms with Crippen LogP contribution in [0.25, 0.3) is 10.4 Å². The number of sulfonamides is 1. The summed E-state index contributed by atoms with van der Waals surface area (Å²) in [5, 5.41) is 2.88. The van der Waals surface area contributed by atoms with Crippen molar-refractivity contribution >= 4 is 33.0 Å². The summed E-state index contributed by atoms with van der Waals surface area (Å²) in [4.78, 5) is 13.3. The van der Waals surface area contributed by atoms with Crippen molar-refractivity contribution in [1.82, 2.24) is 4.31 Å². The monoisotopic (exact) mass is 440 g/mol. The average molecular weight is 441 g/mol. The van der Waals surface area contributed by atoms with E-state index in [-0.39, 0.29) is 5.91 Å². The molecule has 4 rings (SSSR count). The van der Waals surface area contributed by atoms with Crippen molar-refractivity contribution in [2.45, 2.75) is 30.4 Å². The highest BCUT2D eigenvalue weighted by Crippen LogP contribution is 2.33. The smallest absolute Gasteiger partial charge is 0.255 e. The zero-order chi connectivity index (χ0) is 21.1. The Morgan fingerprint density at radius 2 is 1.57 bits per heavy atom. The van der Waals surface area contributed by atoms with Gasteiger partial charge in [0.2, 0.25) is 0 Å². The fourth-order valence-electron chi connectivity index (χ4n) is 3.47. The minimum Gasteiger partial charge on any atom is -0.322 e. The van der Waals surface area contributed by atoms with Gasteiger partial charge in [0.05, 0.1) is 0 Å². The van der Waals surface area contributed by atoms with Gasteiger partial charge in [-0.1, -0.05) is 36.2 Å². The van der Waals surface area contributed by atoms with E-state index in [1.54, 1.807) is 22.5 Å². The van der Waals surface area contributed by atoms with Gasteiger partial charge in [0.25, 0.3) is 15.9 Å². The summed E-state index contributed by atoms with van der Waals surface area (Å²) >= 11 is 1.27. The number of carbonyl (C=O) groups is 1. The molecule has 2 aromatic carbocycles. The molecule has 0 atom stereocenters. The third kappa shape index (κ3) is 4.48. The van der Waals surface area contributed by atoms with Crippen LogP contribution >= 0.6 is 11.3 Å². The first kappa shape index (κ1) is 20.8. The molecule has 3 aromatic rings. The molecule has 1 saturated heterocycles. The lowest BCUT2D eigenvalue weighted by Crippen LogP contribution is -2.35. The van der Waals surface area contributed by atoms with E-state index in [0.717, 1.165) is 41.0 Å². The standard InChI is InChI=1S/C23H24N2O3S2/c1-17-5-11-20(12-6-17)24-23(26)19-9-7-18(8-10-19)21-13-14-22(29-21)30(27,28)25-15-3-2-4-16-25/h5-14H,2-4,15-16H2,1H3,(H,24,26). The molecule has 156 valence electrons. The van der Waals surface area contributed by atoms with Crippen LogP contribution in [0, 0.1) is 6.92 Å². The van der Waals surface area contributed by atoms with E-state index >= 15 is 0 Å². The normalized spacial score (nSPS) is 15.1. The molecule has 7 heteroatoms. The van der Waals surface area contributed by atoms with Gasteiger partial charge in [-0.25, -0.2) is 8.42 Å². The van der Waals surface area contributed by atoms with Crippen molar-refractivity contribution in [3.05, 3.63) is 71.8 Å². The zero-order valence-corrected chi connectivity index (χ0v) is 18.4. The Kier molecular flexibility index (Phi) is 6.04. The Labute approximate surface area is 181 Å². The quantitative estimate of drug-likeness (QED) is 0.597. The number of amides is 1. The van der Waals surface area contributed by atoms with Crippen molar-refractivity contribution < 1.29 is 13.2 Å². The molecule has 0 spiro atoms. The van der Waals surface area contributed by atoms with Gasteiger partial charge in [0, 0.05) is 29.2 Å². The summed E-state index contributed by atoms with van der Waals surface area (Å²) < 4.78 is 27.7. The summed E-state index contributed by atoms with van der Waals surface area (Å²) in [6.07, 6.45) is 2.93. The fraction of sp³-hybridized carbons (Fsp3) is 0.261. The summed E-state index contributed by atoms with van der Waals surface area (Å²) in [5.74, 6) is -0.176.